The Bertz CT molecular complexity index is 1320. The Morgan fingerprint density at radius 1 is 0.970 bits per heavy atom. The van der Waals surface area contributed by atoms with E-state index in [-0.39, 0.29) is 11.4 Å². The summed E-state index contributed by atoms with van der Waals surface area (Å²) in [6, 6.07) is 25.2. The van der Waals surface area contributed by atoms with Crippen molar-refractivity contribution in [2.24, 2.45) is 0 Å². The number of hydrogen-bond acceptors (Lipinski definition) is 4. The van der Waals surface area contributed by atoms with Gasteiger partial charge in [-0.3, -0.25) is 5.32 Å². The number of aromatic nitrogens is 2. The molecule has 3 aromatic carbocycles. The van der Waals surface area contributed by atoms with E-state index in [1.807, 2.05) is 54.6 Å². The van der Waals surface area contributed by atoms with E-state index in [9.17, 15) is 10.1 Å². The van der Waals surface area contributed by atoms with Crippen LogP contribution in [0.2, 0.25) is 10.0 Å². The van der Waals surface area contributed by atoms with E-state index in [2.05, 4.69) is 21.8 Å². The molecule has 0 atom stereocenters. The molecule has 0 radical (unpaired) electrons. The summed E-state index contributed by atoms with van der Waals surface area (Å²) in [5.74, 6) is 0.799. The van der Waals surface area contributed by atoms with Crippen molar-refractivity contribution in [3.63, 3.8) is 0 Å². The average Bonchev–Trinajstić information content (AvgIpc) is 3.17. The first-order valence-corrected chi connectivity index (χ1v) is 11.6. The molecule has 2 N–H and O–H groups in total. The van der Waals surface area contributed by atoms with Gasteiger partial charge in [-0.15, -0.1) is 0 Å². The largest absolute Gasteiger partial charge is 0.324 e. The van der Waals surface area contributed by atoms with Crippen LogP contribution >= 0.6 is 35.0 Å². The number of halogens is 2. The molecule has 33 heavy (non-hydrogen) atoms. The molecule has 0 fully saturated rings. The van der Waals surface area contributed by atoms with Gasteiger partial charge in [-0.2, -0.15) is 10.4 Å². The van der Waals surface area contributed by atoms with E-state index in [0.29, 0.717) is 32.2 Å². The van der Waals surface area contributed by atoms with Crippen molar-refractivity contribution in [2.45, 2.75) is 10.8 Å². The van der Waals surface area contributed by atoms with Crippen molar-refractivity contribution in [1.82, 2.24) is 9.78 Å². The van der Waals surface area contributed by atoms with Crippen molar-refractivity contribution in [3.8, 4) is 11.8 Å². The number of para-hydroxylation sites is 1. The minimum Gasteiger partial charge on any atom is -0.308 e. The van der Waals surface area contributed by atoms with Gasteiger partial charge in [0.05, 0.1) is 5.69 Å². The molecule has 0 aliphatic heterocycles. The Morgan fingerprint density at radius 3 is 2.36 bits per heavy atom. The number of nitrogens with zero attached hydrogens (tertiary/aromatic N) is 3. The van der Waals surface area contributed by atoms with Crippen molar-refractivity contribution in [1.29, 1.82) is 5.26 Å². The molecular weight excluding hydrogens is 477 g/mol. The van der Waals surface area contributed by atoms with Gasteiger partial charge in [-0.1, -0.05) is 71.4 Å². The zero-order valence-electron chi connectivity index (χ0n) is 17.1. The van der Waals surface area contributed by atoms with Gasteiger partial charge in [-0.25, -0.2) is 9.48 Å². The number of nitrogens with one attached hydrogen (secondary N) is 2. The summed E-state index contributed by atoms with van der Waals surface area (Å²) in [6.45, 7) is 0. The molecule has 2 amide bonds. The maximum atomic E-state index is 12.7. The lowest BCUT2D eigenvalue weighted by atomic mass is 10.2. The summed E-state index contributed by atoms with van der Waals surface area (Å²) in [4.78, 5) is 12.7. The van der Waals surface area contributed by atoms with E-state index < -0.39 is 6.03 Å². The van der Waals surface area contributed by atoms with Crippen LogP contribution in [-0.2, 0) is 5.75 Å². The molecule has 0 saturated carbocycles. The molecule has 0 aliphatic carbocycles. The molecule has 1 aromatic heterocycles. The SMILES string of the molecule is N#Cc1c(SCc2ccccc2Cl)nn(-c2ccccc2)c1NC(=O)Nc1ccc(Cl)cc1. The van der Waals surface area contributed by atoms with Crippen LogP contribution in [0.5, 0.6) is 0 Å². The standard InChI is InChI=1S/C24H17Cl2N5OS/c25-17-10-12-18(13-11-17)28-24(32)29-22-20(14-27)23(30-31(22)19-7-2-1-3-8-19)33-15-16-6-4-5-9-21(16)26/h1-13H,15H2,(H2,28,29,32). The third-order valence-corrected chi connectivity index (χ3v) is 6.26. The van der Waals surface area contributed by atoms with Crippen LogP contribution in [0.1, 0.15) is 11.1 Å². The number of carbonyl (C=O) groups is 1. The minimum absolute atomic E-state index is 0.266. The number of hydrogen-bond donors (Lipinski definition) is 2. The van der Waals surface area contributed by atoms with Gasteiger partial charge in [0.2, 0.25) is 0 Å². The van der Waals surface area contributed by atoms with Gasteiger partial charge in [0.1, 0.15) is 16.7 Å². The summed E-state index contributed by atoms with van der Waals surface area (Å²) in [7, 11) is 0. The van der Waals surface area contributed by atoms with E-state index in [1.54, 1.807) is 28.9 Å². The number of urea groups is 1. The third-order valence-electron chi connectivity index (χ3n) is 4.62. The van der Waals surface area contributed by atoms with E-state index in [1.165, 1.54) is 11.8 Å². The number of rotatable bonds is 6. The Morgan fingerprint density at radius 2 is 1.67 bits per heavy atom. The summed E-state index contributed by atoms with van der Waals surface area (Å²) in [5.41, 5.74) is 2.47. The topological polar surface area (TPSA) is 82.7 Å². The molecule has 0 aliphatic rings. The second-order valence-electron chi connectivity index (χ2n) is 6.85. The summed E-state index contributed by atoms with van der Waals surface area (Å²) < 4.78 is 1.55. The zero-order valence-corrected chi connectivity index (χ0v) is 19.5. The van der Waals surface area contributed by atoms with Gasteiger partial charge in [0.25, 0.3) is 0 Å². The van der Waals surface area contributed by atoms with Crippen LogP contribution in [0, 0.1) is 11.3 Å². The summed E-state index contributed by atoms with van der Waals surface area (Å²) >= 11 is 13.6. The molecule has 0 spiro atoms. The fourth-order valence-corrected chi connectivity index (χ4v) is 4.41. The molecular formula is C24H17Cl2N5OS. The number of benzene rings is 3. The molecule has 4 rings (SSSR count). The number of thioether (sulfide) groups is 1. The van der Waals surface area contributed by atoms with Gasteiger partial charge in [-0.05, 0) is 48.0 Å². The van der Waals surface area contributed by atoms with Crippen molar-refractivity contribution in [3.05, 3.63) is 100 Å². The molecule has 6 nitrogen and oxygen atoms in total. The fraction of sp³-hybridized carbons (Fsp3) is 0.0417. The average molecular weight is 494 g/mol. The number of anilines is 2. The lowest BCUT2D eigenvalue weighted by Crippen LogP contribution is -2.21. The first-order chi connectivity index (χ1) is 16.0. The van der Waals surface area contributed by atoms with Crippen LogP contribution in [-0.4, -0.2) is 15.8 Å². The van der Waals surface area contributed by atoms with Crippen LogP contribution in [0.4, 0.5) is 16.3 Å². The highest BCUT2D eigenvalue weighted by molar-refractivity contribution is 7.98. The zero-order chi connectivity index (χ0) is 23.2. The second-order valence-corrected chi connectivity index (χ2v) is 8.66. The predicted octanol–water partition coefficient (Wildman–Crippen LogP) is 6.99. The first-order valence-electron chi connectivity index (χ1n) is 9.83. The molecule has 9 heteroatoms. The van der Waals surface area contributed by atoms with E-state index in [0.717, 1.165) is 5.56 Å². The highest BCUT2D eigenvalue weighted by Crippen LogP contribution is 2.33. The van der Waals surface area contributed by atoms with Gasteiger partial charge in [0, 0.05) is 21.5 Å². The maximum Gasteiger partial charge on any atom is 0.324 e. The number of amides is 2. The van der Waals surface area contributed by atoms with Gasteiger partial charge >= 0.3 is 6.03 Å². The maximum absolute atomic E-state index is 12.7. The number of carbonyl (C=O) groups excluding carboxylic acids is 1. The fourth-order valence-electron chi connectivity index (χ4n) is 3.04. The Labute approximate surface area is 205 Å². The lowest BCUT2D eigenvalue weighted by molar-refractivity contribution is 0.262. The normalized spacial score (nSPS) is 10.5. The van der Waals surface area contributed by atoms with Crippen LogP contribution in [0.25, 0.3) is 5.69 Å². The Kier molecular flexibility index (Phi) is 7.20. The van der Waals surface area contributed by atoms with Crippen molar-refractivity contribution >= 4 is 52.5 Å². The van der Waals surface area contributed by atoms with Gasteiger partial charge in [0.15, 0.2) is 5.82 Å². The predicted molar refractivity (Wildman–Crippen MR) is 133 cm³/mol. The monoisotopic (exact) mass is 493 g/mol. The van der Waals surface area contributed by atoms with Crippen molar-refractivity contribution < 1.29 is 4.79 Å². The van der Waals surface area contributed by atoms with Crippen LogP contribution < -0.4 is 10.6 Å². The molecule has 164 valence electrons. The minimum atomic E-state index is -0.506. The van der Waals surface area contributed by atoms with Crippen LogP contribution in [0.3, 0.4) is 0 Å². The van der Waals surface area contributed by atoms with E-state index >= 15 is 0 Å². The lowest BCUT2D eigenvalue weighted by Gasteiger charge is -2.10. The summed E-state index contributed by atoms with van der Waals surface area (Å²) in [5, 5.41) is 21.8. The van der Waals surface area contributed by atoms with Gasteiger partial charge < -0.3 is 5.32 Å². The highest BCUT2D eigenvalue weighted by Gasteiger charge is 2.21. The first kappa shape index (κ1) is 22.7. The summed E-state index contributed by atoms with van der Waals surface area (Å²) in [6.07, 6.45) is 0. The van der Waals surface area contributed by atoms with Crippen LogP contribution in [0.15, 0.2) is 83.9 Å². The van der Waals surface area contributed by atoms with E-state index in [4.69, 9.17) is 23.2 Å². The smallest absolute Gasteiger partial charge is 0.308 e. The molecule has 0 bridgehead atoms. The quantitative estimate of drug-likeness (QED) is 0.283. The molecule has 4 aromatic rings. The molecule has 1 heterocycles. The number of nitriles is 1. The Hall–Kier alpha value is -3.44. The van der Waals surface area contributed by atoms with Crippen molar-refractivity contribution in [2.75, 3.05) is 10.6 Å². The third kappa shape index (κ3) is 5.49. The molecule has 0 saturated heterocycles. The highest BCUT2D eigenvalue weighted by atomic mass is 35.5. The Balaban J connectivity index is 1.65. The molecule has 0 unspecified atom stereocenters. The second kappa shape index (κ2) is 10.5.